The molecule has 150 valence electrons. The van der Waals surface area contributed by atoms with Crippen LogP contribution >= 0.6 is 0 Å². The Hall–Kier alpha value is 0.0569. The monoisotopic (exact) mass is 382 g/mol. The normalized spacial score (nSPS) is 44.0. The number of hydrogen-bond acceptors (Lipinski definition) is 4. The van der Waals surface area contributed by atoms with E-state index in [1.54, 1.807) is 0 Å². The minimum absolute atomic E-state index is 0.138. The van der Waals surface area contributed by atoms with E-state index in [1.807, 2.05) is 0 Å². The Bertz CT molecular complexity index is 521. The third-order valence-corrected chi connectivity index (χ3v) is 12.7. The third kappa shape index (κ3) is 2.53. The van der Waals surface area contributed by atoms with E-state index in [9.17, 15) is 0 Å². The van der Waals surface area contributed by atoms with Crippen LogP contribution in [0.15, 0.2) is 0 Å². The fourth-order valence-electron chi connectivity index (χ4n) is 5.91. The highest BCUT2D eigenvalue weighted by Crippen LogP contribution is 2.62. The van der Waals surface area contributed by atoms with Gasteiger partial charge in [0.1, 0.15) is 16.8 Å². The van der Waals surface area contributed by atoms with Crippen molar-refractivity contribution in [2.24, 2.45) is 0 Å². The molecule has 4 aliphatic rings. The summed E-state index contributed by atoms with van der Waals surface area (Å²) < 4.78 is 26.9. The first-order valence-corrected chi connectivity index (χ1v) is 13.7. The van der Waals surface area contributed by atoms with Gasteiger partial charge < -0.3 is 18.6 Å². The molecule has 0 aromatic carbocycles. The molecule has 1 saturated carbocycles. The van der Waals surface area contributed by atoms with Crippen molar-refractivity contribution in [2.45, 2.75) is 113 Å². The fraction of sp³-hybridized carbons (Fsp3) is 1.00. The van der Waals surface area contributed by atoms with Gasteiger partial charge in [0.2, 0.25) is 0 Å². The van der Waals surface area contributed by atoms with Gasteiger partial charge in [-0.25, -0.2) is 0 Å². The summed E-state index contributed by atoms with van der Waals surface area (Å²) in [6.07, 6.45) is 8.83. The van der Waals surface area contributed by atoms with Gasteiger partial charge in [-0.1, -0.05) is 20.8 Å². The second-order valence-electron chi connectivity index (χ2n) is 10.5. The van der Waals surface area contributed by atoms with Crippen LogP contribution in [0, 0.1) is 0 Å². The molecule has 3 saturated heterocycles. The largest absolute Gasteiger partial charge is 0.411 e. The van der Waals surface area contributed by atoms with Gasteiger partial charge in [0, 0.05) is 19.8 Å². The van der Waals surface area contributed by atoms with E-state index in [0.29, 0.717) is 0 Å². The number of rotatable bonds is 2. The average Bonchev–Trinajstić information content (AvgIpc) is 3.28. The van der Waals surface area contributed by atoms with Crippen LogP contribution in [0.3, 0.4) is 0 Å². The molecule has 0 N–H and O–H groups in total. The van der Waals surface area contributed by atoms with Crippen LogP contribution in [-0.4, -0.2) is 51.0 Å². The van der Waals surface area contributed by atoms with Gasteiger partial charge in [-0.2, -0.15) is 0 Å². The van der Waals surface area contributed by atoms with Crippen molar-refractivity contribution in [3.8, 4) is 0 Å². The summed E-state index contributed by atoms with van der Waals surface area (Å²) in [4.78, 5) is 0. The molecule has 5 heteroatoms. The van der Waals surface area contributed by atoms with Gasteiger partial charge in [0.25, 0.3) is 0 Å². The van der Waals surface area contributed by atoms with Crippen LogP contribution in [-0.2, 0) is 18.6 Å². The van der Waals surface area contributed by atoms with Crippen LogP contribution in [0.4, 0.5) is 0 Å². The van der Waals surface area contributed by atoms with E-state index < -0.39 is 8.32 Å². The van der Waals surface area contributed by atoms with Crippen molar-refractivity contribution in [2.75, 3.05) is 19.8 Å². The lowest BCUT2D eigenvalue weighted by molar-refractivity contribution is -0.301. The summed E-state index contributed by atoms with van der Waals surface area (Å²) in [6, 6.07) is 0. The lowest BCUT2D eigenvalue weighted by Gasteiger charge is -2.61. The zero-order chi connectivity index (χ0) is 18.7. The lowest BCUT2D eigenvalue weighted by atomic mass is 9.58. The molecule has 0 unspecified atom stereocenters. The molecule has 0 aromatic rings. The summed E-state index contributed by atoms with van der Waals surface area (Å²) in [5.41, 5.74) is -0.777. The maximum atomic E-state index is 7.05. The van der Waals surface area contributed by atoms with Crippen molar-refractivity contribution in [1.29, 1.82) is 0 Å². The Labute approximate surface area is 160 Å². The summed E-state index contributed by atoms with van der Waals surface area (Å²) in [5.74, 6) is 0. The highest BCUT2D eigenvalue weighted by molar-refractivity contribution is 6.74. The Morgan fingerprint density at radius 1 is 0.846 bits per heavy atom. The molecule has 1 aliphatic carbocycles. The molecule has 0 amide bonds. The number of hydrogen-bond donors (Lipinski definition) is 0. The Morgan fingerprint density at radius 3 is 2.04 bits per heavy atom. The van der Waals surface area contributed by atoms with E-state index >= 15 is 0 Å². The van der Waals surface area contributed by atoms with E-state index in [1.165, 1.54) is 0 Å². The number of fused-ring (bicyclic) bond motifs is 2. The SMILES string of the molecule is CC(C)(C)[Si](C)(C)O[C@@H]1CC[C@]2(CCCO2)[C@@]2(CCCO2)[C@]12CCCO2. The third-order valence-electron chi connectivity index (χ3n) is 8.17. The molecule has 3 aliphatic heterocycles. The first kappa shape index (κ1) is 19.4. The molecule has 0 radical (unpaired) electrons. The van der Waals surface area contributed by atoms with Gasteiger partial charge >= 0.3 is 0 Å². The van der Waals surface area contributed by atoms with E-state index in [0.717, 1.165) is 71.2 Å². The van der Waals surface area contributed by atoms with Crippen LogP contribution < -0.4 is 0 Å². The maximum Gasteiger partial charge on any atom is 0.192 e. The van der Waals surface area contributed by atoms with Gasteiger partial charge in [0.15, 0.2) is 8.32 Å². The first-order chi connectivity index (χ1) is 12.2. The van der Waals surface area contributed by atoms with E-state index in [4.69, 9.17) is 18.6 Å². The molecule has 3 spiro atoms. The molecule has 4 atom stereocenters. The topological polar surface area (TPSA) is 36.9 Å². The van der Waals surface area contributed by atoms with Crippen molar-refractivity contribution in [1.82, 2.24) is 0 Å². The van der Waals surface area contributed by atoms with Crippen molar-refractivity contribution < 1.29 is 18.6 Å². The van der Waals surface area contributed by atoms with Crippen molar-refractivity contribution >= 4 is 8.32 Å². The fourth-order valence-corrected chi connectivity index (χ4v) is 7.28. The standard InChI is InChI=1S/C21H38O4Si/c1-18(2,3)26(4,5)25-17-9-13-19(10-6-14-22-19)21(12-8-16-24-21)20(17)11-7-15-23-20/h17H,6-16H2,1-5H3/t17-,19-,20+,21+/m1/s1. The molecule has 0 bridgehead atoms. The molecule has 26 heavy (non-hydrogen) atoms. The van der Waals surface area contributed by atoms with Crippen molar-refractivity contribution in [3.05, 3.63) is 0 Å². The quantitative estimate of drug-likeness (QED) is 0.642. The average molecular weight is 383 g/mol. The van der Waals surface area contributed by atoms with Gasteiger partial charge in [0.05, 0.1) is 6.10 Å². The second kappa shape index (κ2) is 6.28. The molecular weight excluding hydrogens is 344 g/mol. The summed E-state index contributed by atoms with van der Waals surface area (Å²) in [6.45, 7) is 14.3. The smallest absolute Gasteiger partial charge is 0.192 e. The Kier molecular flexibility index (Phi) is 4.68. The molecule has 4 fully saturated rings. The maximum absolute atomic E-state index is 7.05. The van der Waals surface area contributed by atoms with Gasteiger partial charge in [-0.05, 0) is 69.5 Å². The van der Waals surface area contributed by atoms with E-state index in [-0.39, 0.29) is 27.9 Å². The highest BCUT2D eigenvalue weighted by Gasteiger charge is 2.73. The predicted molar refractivity (Wildman–Crippen MR) is 105 cm³/mol. The zero-order valence-electron chi connectivity index (χ0n) is 17.5. The summed E-state index contributed by atoms with van der Waals surface area (Å²) >= 11 is 0. The summed E-state index contributed by atoms with van der Waals surface area (Å²) in [7, 11) is -1.88. The van der Waals surface area contributed by atoms with Crippen molar-refractivity contribution in [3.63, 3.8) is 0 Å². The molecule has 4 rings (SSSR count). The first-order valence-electron chi connectivity index (χ1n) is 10.8. The van der Waals surface area contributed by atoms with Crippen LogP contribution in [0.2, 0.25) is 18.1 Å². The molecule has 4 nitrogen and oxygen atoms in total. The lowest BCUT2D eigenvalue weighted by Crippen LogP contribution is -2.75. The summed E-state index contributed by atoms with van der Waals surface area (Å²) in [5, 5.41) is 0.204. The van der Waals surface area contributed by atoms with Crippen LogP contribution in [0.25, 0.3) is 0 Å². The van der Waals surface area contributed by atoms with Crippen LogP contribution in [0.1, 0.15) is 72.1 Å². The number of ether oxygens (including phenoxy) is 3. The van der Waals surface area contributed by atoms with Crippen LogP contribution in [0.5, 0.6) is 0 Å². The molecular formula is C21H38O4Si. The Balaban J connectivity index is 1.74. The molecule has 0 aromatic heterocycles. The van der Waals surface area contributed by atoms with E-state index in [2.05, 4.69) is 33.9 Å². The van der Waals surface area contributed by atoms with Gasteiger partial charge in [-0.15, -0.1) is 0 Å². The van der Waals surface area contributed by atoms with Gasteiger partial charge in [-0.3, -0.25) is 0 Å². The molecule has 3 heterocycles. The zero-order valence-corrected chi connectivity index (χ0v) is 18.5. The Morgan fingerprint density at radius 2 is 1.50 bits per heavy atom. The minimum Gasteiger partial charge on any atom is -0.411 e. The second-order valence-corrected chi connectivity index (χ2v) is 15.2. The minimum atomic E-state index is -1.88. The highest BCUT2D eigenvalue weighted by atomic mass is 28.4. The predicted octanol–water partition coefficient (Wildman–Crippen LogP) is 4.82.